The smallest absolute Gasteiger partial charge is 0.243 e. The Bertz CT molecular complexity index is 1170. The Morgan fingerprint density at radius 2 is 1.59 bits per heavy atom. The van der Waals surface area contributed by atoms with Gasteiger partial charge in [-0.25, -0.2) is 12.8 Å². The number of sulfonamides is 1. The molecular weight excluding hydrogens is 451 g/mol. The second kappa shape index (κ2) is 10.3. The molecule has 0 fully saturated rings. The fourth-order valence-electron chi connectivity index (χ4n) is 3.16. The van der Waals surface area contributed by atoms with E-state index in [4.69, 9.17) is 11.6 Å². The zero-order valence-electron chi connectivity index (χ0n) is 17.8. The normalized spacial score (nSPS) is 12.5. The first kappa shape index (κ1) is 23.9. The number of amides is 1. The molecule has 0 aliphatic carbocycles. The molecule has 8 heteroatoms. The lowest BCUT2D eigenvalue weighted by Crippen LogP contribution is -2.41. The van der Waals surface area contributed by atoms with Crippen LogP contribution in [0, 0.1) is 12.7 Å². The first-order valence-corrected chi connectivity index (χ1v) is 11.8. The number of hydrogen-bond donors (Lipinski definition) is 1. The van der Waals surface area contributed by atoms with Crippen molar-refractivity contribution in [2.45, 2.75) is 31.3 Å². The van der Waals surface area contributed by atoms with Crippen LogP contribution >= 0.6 is 11.6 Å². The standard InChI is InChI=1S/C24H24ClFN2O3S/c1-17-3-13-23(14-4-17)32(30,31)28(15-19-5-11-22(26)12-6-19)16-24(29)27-18(2)20-7-9-21(25)10-8-20/h3-14,18H,15-16H2,1-2H3,(H,27,29)/t18-/m1/s1. The summed E-state index contributed by atoms with van der Waals surface area (Å²) < 4.78 is 41.0. The van der Waals surface area contributed by atoms with Gasteiger partial charge in [-0.2, -0.15) is 4.31 Å². The number of rotatable bonds is 8. The summed E-state index contributed by atoms with van der Waals surface area (Å²) in [5, 5.41) is 3.41. The highest BCUT2D eigenvalue weighted by Crippen LogP contribution is 2.20. The zero-order valence-corrected chi connectivity index (χ0v) is 19.3. The lowest BCUT2D eigenvalue weighted by molar-refractivity contribution is -0.122. The second-order valence-electron chi connectivity index (χ2n) is 7.55. The van der Waals surface area contributed by atoms with E-state index in [0.717, 1.165) is 15.4 Å². The van der Waals surface area contributed by atoms with Crippen molar-refractivity contribution in [1.82, 2.24) is 9.62 Å². The van der Waals surface area contributed by atoms with Crippen LogP contribution in [0.15, 0.2) is 77.7 Å². The van der Waals surface area contributed by atoms with Crippen molar-refractivity contribution >= 4 is 27.5 Å². The van der Waals surface area contributed by atoms with Crippen LogP contribution in [0.1, 0.15) is 29.7 Å². The molecule has 3 aromatic carbocycles. The molecule has 0 radical (unpaired) electrons. The fraction of sp³-hybridized carbons (Fsp3) is 0.208. The quantitative estimate of drug-likeness (QED) is 0.507. The maximum absolute atomic E-state index is 13.3. The monoisotopic (exact) mass is 474 g/mol. The molecule has 0 heterocycles. The summed E-state index contributed by atoms with van der Waals surface area (Å²) in [5.74, 6) is -0.874. The third-order valence-electron chi connectivity index (χ3n) is 5.00. The van der Waals surface area contributed by atoms with Gasteiger partial charge >= 0.3 is 0 Å². The third-order valence-corrected chi connectivity index (χ3v) is 7.06. The van der Waals surface area contributed by atoms with Crippen molar-refractivity contribution in [2.75, 3.05) is 6.54 Å². The number of carbonyl (C=O) groups excluding carboxylic acids is 1. The zero-order chi connectivity index (χ0) is 23.3. The minimum Gasteiger partial charge on any atom is -0.348 e. The van der Waals surface area contributed by atoms with Crippen LogP contribution in [0.25, 0.3) is 0 Å². The summed E-state index contributed by atoms with van der Waals surface area (Å²) >= 11 is 5.91. The van der Waals surface area contributed by atoms with Crippen LogP contribution in [-0.4, -0.2) is 25.2 Å². The maximum atomic E-state index is 13.3. The number of aryl methyl sites for hydroxylation is 1. The molecule has 0 bridgehead atoms. The number of nitrogens with one attached hydrogen (secondary N) is 1. The summed E-state index contributed by atoms with van der Waals surface area (Å²) in [7, 11) is -3.97. The Balaban J connectivity index is 1.82. The fourth-order valence-corrected chi connectivity index (χ4v) is 4.67. The summed E-state index contributed by atoms with van der Waals surface area (Å²) in [6.07, 6.45) is 0. The van der Waals surface area contributed by atoms with E-state index in [2.05, 4.69) is 5.32 Å². The Kier molecular flexibility index (Phi) is 7.66. The molecule has 1 N–H and O–H groups in total. The van der Waals surface area contributed by atoms with Gasteiger partial charge in [0.1, 0.15) is 5.82 Å². The van der Waals surface area contributed by atoms with E-state index in [-0.39, 0.29) is 24.0 Å². The van der Waals surface area contributed by atoms with Gasteiger partial charge in [0.2, 0.25) is 15.9 Å². The summed E-state index contributed by atoms with van der Waals surface area (Å²) in [6, 6.07) is 18.6. The minimum absolute atomic E-state index is 0.0702. The van der Waals surface area contributed by atoms with Gasteiger partial charge in [-0.1, -0.05) is 53.6 Å². The molecule has 0 aromatic heterocycles. The lowest BCUT2D eigenvalue weighted by Gasteiger charge is -2.23. The van der Waals surface area contributed by atoms with Crippen LogP contribution in [0.5, 0.6) is 0 Å². The summed E-state index contributed by atoms with van der Waals surface area (Å²) in [4.78, 5) is 12.9. The van der Waals surface area contributed by atoms with Gasteiger partial charge in [-0.3, -0.25) is 4.79 Å². The van der Waals surface area contributed by atoms with Crippen molar-refractivity contribution < 1.29 is 17.6 Å². The van der Waals surface area contributed by atoms with E-state index >= 15 is 0 Å². The summed E-state index contributed by atoms with van der Waals surface area (Å²) in [6.45, 7) is 3.21. The van der Waals surface area contributed by atoms with E-state index in [1.165, 1.54) is 36.4 Å². The molecule has 0 saturated carbocycles. The first-order valence-electron chi connectivity index (χ1n) is 10.0. The number of carbonyl (C=O) groups is 1. The molecule has 5 nitrogen and oxygen atoms in total. The Labute approximate surface area is 192 Å². The number of hydrogen-bond acceptors (Lipinski definition) is 3. The van der Waals surface area contributed by atoms with Crippen molar-refractivity contribution in [3.8, 4) is 0 Å². The first-order chi connectivity index (χ1) is 15.1. The van der Waals surface area contributed by atoms with E-state index in [0.29, 0.717) is 10.6 Å². The van der Waals surface area contributed by atoms with Gasteiger partial charge in [0.05, 0.1) is 17.5 Å². The van der Waals surface area contributed by atoms with Crippen molar-refractivity contribution in [3.63, 3.8) is 0 Å². The van der Waals surface area contributed by atoms with Crippen LogP contribution in [-0.2, 0) is 21.4 Å². The Morgan fingerprint density at radius 3 is 2.19 bits per heavy atom. The van der Waals surface area contributed by atoms with E-state index in [1.54, 1.807) is 43.3 Å². The highest BCUT2D eigenvalue weighted by Gasteiger charge is 2.27. The van der Waals surface area contributed by atoms with E-state index in [9.17, 15) is 17.6 Å². The molecule has 0 saturated heterocycles. The molecule has 0 unspecified atom stereocenters. The SMILES string of the molecule is Cc1ccc(S(=O)(=O)N(CC(=O)N[C@H](C)c2ccc(Cl)cc2)Cc2ccc(F)cc2)cc1. The lowest BCUT2D eigenvalue weighted by atomic mass is 10.1. The van der Waals surface area contributed by atoms with Crippen LogP contribution in [0.2, 0.25) is 5.02 Å². The van der Waals surface area contributed by atoms with Crippen LogP contribution in [0.3, 0.4) is 0 Å². The van der Waals surface area contributed by atoms with Gasteiger partial charge in [0.15, 0.2) is 0 Å². The minimum atomic E-state index is -3.97. The molecule has 168 valence electrons. The molecule has 0 aliphatic heterocycles. The topological polar surface area (TPSA) is 66.5 Å². The highest BCUT2D eigenvalue weighted by atomic mass is 35.5. The van der Waals surface area contributed by atoms with Gasteiger partial charge in [0, 0.05) is 11.6 Å². The van der Waals surface area contributed by atoms with Crippen molar-refractivity contribution in [1.29, 1.82) is 0 Å². The molecule has 32 heavy (non-hydrogen) atoms. The average molecular weight is 475 g/mol. The van der Waals surface area contributed by atoms with E-state index < -0.39 is 21.7 Å². The molecule has 3 rings (SSSR count). The molecule has 1 amide bonds. The maximum Gasteiger partial charge on any atom is 0.243 e. The number of nitrogens with zero attached hydrogens (tertiary/aromatic N) is 1. The highest BCUT2D eigenvalue weighted by molar-refractivity contribution is 7.89. The van der Waals surface area contributed by atoms with Gasteiger partial charge in [-0.15, -0.1) is 0 Å². The largest absolute Gasteiger partial charge is 0.348 e. The Hall–Kier alpha value is -2.74. The van der Waals surface area contributed by atoms with Crippen LogP contribution < -0.4 is 5.32 Å². The molecule has 3 aromatic rings. The Morgan fingerprint density at radius 1 is 1.00 bits per heavy atom. The molecule has 0 spiro atoms. The van der Waals surface area contributed by atoms with E-state index in [1.807, 2.05) is 6.92 Å². The van der Waals surface area contributed by atoms with Gasteiger partial charge in [0.25, 0.3) is 0 Å². The predicted octanol–water partition coefficient (Wildman–Crippen LogP) is 4.86. The van der Waals surface area contributed by atoms with Crippen molar-refractivity contribution in [3.05, 3.63) is 100 Å². The number of halogens is 2. The molecule has 1 atom stereocenters. The van der Waals surface area contributed by atoms with Gasteiger partial charge in [-0.05, 0) is 61.4 Å². The molecular formula is C24H24ClFN2O3S. The van der Waals surface area contributed by atoms with Crippen molar-refractivity contribution in [2.24, 2.45) is 0 Å². The molecule has 0 aliphatic rings. The predicted molar refractivity (Wildman–Crippen MR) is 123 cm³/mol. The summed E-state index contributed by atoms with van der Waals surface area (Å²) in [5.41, 5.74) is 2.33. The average Bonchev–Trinajstić information content (AvgIpc) is 2.75. The number of benzene rings is 3. The second-order valence-corrected chi connectivity index (χ2v) is 9.93. The van der Waals surface area contributed by atoms with Gasteiger partial charge < -0.3 is 5.32 Å². The third kappa shape index (κ3) is 6.16. The van der Waals surface area contributed by atoms with Crippen LogP contribution in [0.4, 0.5) is 4.39 Å².